The molecule has 0 amide bonds. The number of ketones is 1. The number of rotatable bonds is 5. The molecule has 2 heterocycles. The smallest absolute Gasteiger partial charge is 0.162 e. The number of carbonyl (C=O) groups excluding carboxylic acids is 1. The fourth-order valence-electron chi connectivity index (χ4n) is 3.56. The number of methoxy groups -OCH3 is 1. The van der Waals surface area contributed by atoms with Crippen LogP contribution < -0.4 is 5.46 Å². The van der Waals surface area contributed by atoms with E-state index in [4.69, 9.17) is 12.6 Å². The first-order valence-corrected chi connectivity index (χ1v) is 7.66. The predicted octanol–water partition coefficient (Wildman–Crippen LogP) is 1.66. The maximum absolute atomic E-state index is 12.3. The Hall–Kier alpha value is -1.59. The van der Waals surface area contributed by atoms with Crippen LogP contribution in [0.3, 0.4) is 0 Å². The van der Waals surface area contributed by atoms with Gasteiger partial charge in [-0.2, -0.15) is 0 Å². The first-order valence-electron chi connectivity index (χ1n) is 7.66. The molecule has 2 radical (unpaired) electrons. The van der Waals surface area contributed by atoms with Gasteiger partial charge in [0.25, 0.3) is 0 Å². The molecule has 22 heavy (non-hydrogen) atoms. The number of Topliss-reactive ketones (excluding diaryl/α,β-unsaturated/α-hetero) is 1. The average molecular weight is 296 g/mol. The highest BCUT2D eigenvalue weighted by Crippen LogP contribution is 2.39. The van der Waals surface area contributed by atoms with E-state index in [2.05, 4.69) is 16.5 Å². The van der Waals surface area contributed by atoms with Crippen LogP contribution in [0.25, 0.3) is 10.9 Å². The summed E-state index contributed by atoms with van der Waals surface area (Å²) >= 11 is 0. The molecule has 1 aromatic heterocycles. The average Bonchev–Trinajstić information content (AvgIpc) is 3.01. The lowest BCUT2D eigenvalue weighted by atomic mass is 9.93. The lowest BCUT2D eigenvalue weighted by Gasteiger charge is -2.24. The van der Waals surface area contributed by atoms with Gasteiger partial charge in [-0.3, -0.25) is 9.69 Å². The molecular weight excluding hydrogens is 275 g/mol. The van der Waals surface area contributed by atoms with Gasteiger partial charge in [0.1, 0.15) is 7.85 Å². The number of likely N-dealkylation sites (N-methyl/N-ethyl adjacent to an activating group) is 1. The SMILES string of the molecule is [B]c1ccc2c(c1)c(C(C)=O)c1n2CCC1N(C)CCOC. The molecule has 0 saturated carbocycles. The molecular formula is C17H21BN2O2. The molecule has 0 spiro atoms. The van der Waals surface area contributed by atoms with Crippen molar-refractivity contribution >= 4 is 30.0 Å². The summed E-state index contributed by atoms with van der Waals surface area (Å²) in [6, 6.07) is 6.10. The van der Waals surface area contributed by atoms with Gasteiger partial charge in [-0.25, -0.2) is 0 Å². The summed E-state index contributed by atoms with van der Waals surface area (Å²) in [5.74, 6) is 0.108. The van der Waals surface area contributed by atoms with E-state index in [-0.39, 0.29) is 11.8 Å². The van der Waals surface area contributed by atoms with E-state index < -0.39 is 0 Å². The third-order valence-electron chi connectivity index (χ3n) is 4.60. The molecule has 1 aromatic carbocycles. The van der Waals surface area contributed by atoms with E-state index in [9.17, 15) is 4.79 Å². The summed E-state index contributed by atoms with van der Waals surface area (Å²) in [5.41, 5.74) is 3.77. The van der Waals surface area contributed by atoms with Crippen LogP contribution >= 0.6 is 0 Å². The number of ether oxygens (including phenoxy) is 1. The van der Waals surface area contributed by atoms with E-state index in [0.717, 1.165) is 41.7 Å². The Labute approximate surface area is 132 Å². The summed E-state index contributed by atoms with van der Waals surface area (Å²) in [4.78, 5) is 14.6. The van der Waals surface area contributed by atoms with Gasteiger partial charge >= 0.3 is 0 Å². The molecule has 0 saturated heterocycles. The van der Waals surface area contributed by atoms with Crippen LogP contribution in [0.5, 0.6) is 0 Å². The van der Waals surface area contributed by atoms with Crippen molar-refractivity contribution in [2.24, 2.45) is 0 Å². The highest BCUT2D eigenvalue weighted by molar-refractivity contribution is 6.33. The largest absolute Gasteiger partial charge is 0.383 e. The van der Waals surface area contributed by atoms with Crippen molar-refractivity contribution in [3.05, 3.63) is 29.5 Å². The minimum Gasteiger partial charge on any atom is -0.383 e. The fourth-order valence-corrected chi connectivity index (χ4v) is 3.56. The van der Waals surface area contributed by atoms with E-state index >= 15 is 0 Å². The second-order valence-corrected chi connectivity index (χ2v) is 6.02. The van der Waals surface area contributed by atoms with Crippen LogP contribution in [0.2, 0.25) is 0 Å². The van der Waals surface area contributed by atoms with E-state index in [0.29, 0.717) is 12.1 Å². The molecule has 3 rings (SSSR count). The summed E-state index contributed by atoms with van der Waals surface area (Å²) < 4.78 is 7.46. The lowest BCUT2D eigenvalue weighted by molar-refractivity contribution is 0.101. The maximum atomic E-state index is 12.3. The molecule has 1 atom stereocenters. The molecule has 114 valence electrons. The highest BCUT2D eigenvalue weighted by Gasteiger charge is 2.33. The second kappa shape index (κ2) is 5.90. The molecule has 0 aliphatic carbocycles. The molecule has 0 fully saturated rings. The Bertz CT molecular complexity index is 723. The number of hydrogen-bond acceptors (Lipinski definition) is 3. The zero-order valence-electron chi connectivity index (χ0n) is 13.4. The van der Waals surface area contributed by atoms with Crippen molar-refractivity contribution in [3.63, 3.8) is 0 Å². The van der Waals surface area contributed by atoms with Crippen molar-refractivity contribution in [1.29, 1.82) is 0 Å². The van der Waals surface area contributed by atoms with Gasteiger partial charge < -0.3 is 9.30 Å². The van der Waals surface area contributed by atoms with Crippen molar-refractivity contribution in [1.82, 2.24) is 9.47 Å². The van der Waals surface area contributed by atoms with Crippen molar-refractivity contribution < 1.29 is 9.53 Å². The summed E-state index contributed by atoms with van der Waals surface area (Å²) in [5, 5.41) is 0.979. The van der Waals surface area contributed by atoms with Crippen molar-refractivity contribution in [2.75, 3.05) is 27.3 Å². The normalized spacial score (nSPS) is 17.4. The lowest BCUT2D eigenvalue weighted by Crippen LogP contribution is -2.27. The van der Waals surface area contributed by atoms with Gasteiger partial charge in [-0.05, 0) is 26.5 Å². The van der Waals surface area contributed by atoms with Gasteiger partial charge in [-0.15, -0.1) is 0 Å². The van der Waals surface area contributed by atoms with Gasteiger partial charge in [0.05, 0.1) is 12.6 Å². The van der Waals surface area contributed by atoms with Crippen molar-refractivity contribution in [2.45, 2.75) is 25.9 Å². The number of hydrogen-bond donors (Lipinski definition) is 0. The summed E-state index contributed by atoms with van der Waals surface area (Å²) in [6.45, 7) is 4.12. The molecule has 5 heteroatoms. The highest BCUT2D eigenvalue weighted by atomic mass is 16.5. The summed E-state index contributed by atoms with van der Waals surface area (Å²) in [6.07, 6.45) is 1.02. The predicted molar refractivity (Wildman–Crippen MR) is 89.2 cm³/mol. The zero-order chi connectivity index (χ0) is 15.9. The number of aryl methyl sites for hydroxylation is 1. The fraction of sp³-hybridized carbons (Fsp3) is 0.471. The molecule has 1 aliphatic heterocycles. The number of fused-ring (bicyclic) bond motifs is 3. The molecule has 1 aliphatic rings. The zero-order valence-corrected chi connectivity index (χ0v) is 13.4. The monoisotopic (exact) mass is 296 g/mol. The number of benzene rings is 1. The Morgan fingerprint density at radius 3 is 2.95 bits per heavy atom. The van der Waals surface area contributed by atoms with Gasteiger partial charge in [0.15, 0.2) is 5.78 Å². The number of carbonyl (C=O) groups is 1. The second-order valence-electron chi connectivity index (χ2n) is 6.02. The topological polar surface area (TPSA) is 34.5 Å². The van der Waals surface area contributed by atoms with Crippen LogP contribution in [-0.2, 0) is 11.3 Å². The van der Waals surface area contributed by atoms with Crippen LogP contribution in [0, 0.1) is 0 Å². The van der Waals surface area contributed by atoms with E-state index in [1.54, 1.807) is 14.0 Å². The Morgan fingerprint density at radius 2 is 2.27 bits per heavy atom. The van der Waals surface area contributed by atoms with Crippen LogP contribution in [0.1, 0.15) is 35.4 Å². The van der Waals surface area contributed by atoms with Crippen LogP contribution in [0.15, 0.2) is 18.2 Å². The number of nitrogens with zero attached hydrogens (tertiary/aromatic N) is 2. The third-order valence-corrected chi connectivity index (χ3v) is 4.60. The van der Waals surface area contributed by atoms with Gasteiger partial charge in [-0.1, -0.05) is 17.6 Å². The first kappa shape index (κ1) is 15.3. The molecule has 2 aromatic rings. The van der Waals surface area contributed by atoms with E-state index in [1.807, 2.05) is 18.2 Å². The number of aromatic nitrogens is 1. The van der Waals surface area contributed by atoms with Gasteiger partial charge in [0, 0.05) is 42.4 Å². The van der Waals surface area contributed by atoms with E-state index in [1.165, 1.54) is 0 Å². The first-order chi connectivity index (χ1) is 10.5. The van der Waals surface area contributed by atoms with Crippen molar-refractivity contribution in [3.8, 4) is 0 Å². The molecule has 0 N–H and O–H groups in total. The Morgan fingerprint density at radius 1 is 1.50 bits per heavy atom. The molecule has 4 nitrogen and oxygen atoms in total. The maximum Gasteiger partial charge on any atom is 0.162 e. The van der Waals surface area contributed by atoms with Gasteiger partial charge in [0.2, 0.25) is 0 Å². The Balaban J connectivity index is 2.13. The molecule has 0 bridgehead atoms. The third kappa shape index (κ3) is 2.38. The molecule has 1 unspecified atom stereocenters. The minimum absolute atomic E-state index is 0.108. The Kier molecular flexibility index (Phi) is 4.11. The minimum atomic E-state index is 0.108. The standard InChI is InChI=1S/C17H21BN2O2/c1-11(21)16-13-10-12(18)4-5-14(13)20-7-6-15(17(16)20)19(2)8-9-22-3/h4-5,10,15H,6-9H2,1-3H3. The van der Waals surface area contributed by atoms with Crippen LogP contribution in [0.4, 0.5) is 0 Å². The quantitative estimate of drug-likeness (QED) is 0.622. The summed E-state index contributed by atoms with van der Waals surface area (Å²) in [7, 11) is 9.73. The van der Waals surface area contributed by atoms with Crippen LogP contribution in [-0.4, -0.2) is 50.4 Å².